The summed E-state index contributed by atoms with van der Waals surface area (Å²) in [4.78, 5) is 4.86. The summed E-state index contributed by atoms with van der Waals surface area (Å²) in [5.41, 5.74) is 8.35. The van der Waals surface area contributed by atoms with Gasteiger partial charge >= 0.3 is 0 Å². The Bertz CT molecular complexity index is 577. The van der Waals surface area contributed by atoms with Crippen molar-refractivity contribution in [3.8, 4) is 5.75 Å². The Labute approximate surface area is 111 Å². The fourth-order valence-electron chi connectivity index (χ4n) is 1.85. The highest BCUT2D eigenvalue weighted by atomic mass is 32.1. The molecule has 0 saturated carbocycles. The lowest BCUT2D eigenvalue weighted by molar-refractivity contribution is 0.413. The van der Waals surface area contributed by atoms with Crippen molar-refractivity contribution in [2.45, 2.75) is 13.5 Å². The maximum absolute atomic E-state index is 5.66. The van der Waals surface area contributed by atoms with Crippen molar-refractivity contribution in [3.63, 3.8) is 0 Å². The number of aryl methyl sites for hydroxylation is 1. The lowest BCUT2D eigenvalue weighted by Gasteiger charge is -2.09. The minimum atomic E-state index is 0.389. The second kappa shape index (κ2) is 5.18. The third-order valence-corrected chi connectivity index (χ3v) is 2.84. The highest BCUT2D eigenvalue weighted by molar-refractivity contribution is 7.80. The van der Waals surface area contributed by atoms with E-state index in [1.54, 1.807) is 7.11 Å². The molecule has 0 spiro atoms. The predicted octanol–water partition coefficient (Wildman–Crippen LogP) is 1.88. The summed E-state index contributed by atoms with van der Waals surface area (Å²) >= 11 is 5.01. The monoisotopic (exact) mass is 261 g/mol. The third-order valence-electron chi connectivity index (χ3n) is 2.63. The van der Waals surface area contributed by atoms with Gasteiger partial charge in [0.25, 0.3) is 0 Å². The van der Waals surface area contributed by atoms with E-state index in [0.717, 1.165) is 22.8 Å². The van der Waals surface area contributed by atoms with Gasteiger partial charge in [-0.3, -0.25) is 4.98 Å². The molecule has 0 radical (unpaired) electrons. The Balaban J connectivity index is 2.31. The summed E-state index contributed by atoms with van der Waals surface area (Å²) in [6.07, 6.45) is 1.94. The van der Waals surface area contributed by atoms with Gasteiger partial charge in [-0.25, -0.2) is 0 Å². The molecule has 0 atom stereocenters. The van der Waals surface area contributed by atoms with E-state index < -0.39 is 0 Å². The van der Waals surface area contributed by atoms with Gasteiger partial charge < -0.3 is 15.0 Å². The fraction of sp³-hybridized carbons (Fsp3) is 0.231. The van der Waals surface area contributed by atoms with Crippen LogP contribution in [-0.4, -0.2) is 21.6 Å². The van der Waals surface area contributed by atoms with Gasteiger partial charge in [-0.15, -0.1) is 0 Å². The van der Waals surface area contributed by atoms with E-state index in [9.17, 15) is 0 Å². The fourth-order valence-corrected chi connectivity index (χ4v) is 2.04. The van der Waals surface area contributed by atoms with Gasteiger partial charge in [0.2, 0.25) is 0 Å². The maximum Gasteiger partial charge on any atom is 0.122 e. The number of methoxy groups -OCH3 is 1. The molecule has 2 N–H and O–H groups in total. The Hall–Kier alpha value is -1.88. The number of rotatable bonds is 4. The van der Waals surface area contributed by atoms with E-state index in [0.29, 0.717) is 11.5 Å². The van der Waals surface area contributed by atoms with Gasteiger partial charge in [-0.05, 0) is 19.1 Å². The largest absolute Gasteiger partial charge is 0.497 e. The van der Waals surface area contributed by atoms with Gasteiger partial charge in [-0.1, -0.05) is 12.2 Å². The van der Waals surface area contributed by atoms with Crippen molar-refractivity contribution < 1.29 is 4.74 Å². The number of nitrogens with two attached hydrogens (primary N) is 1. The minimum absolute atomic E-state index is 0.389. The van der Waals surface area contributed by atoms with Gasteiger partial charge in [0, 0.05) is 24.0 Å². The summed E-state index contributed by atoms with van der Waals surface area (Å²) in [6.45, 7) is 2.56. The molecule has 5 heteroatoms. The standard InChI is InChI=1S/C13H15N3OS/c1-9-6-11(17-2)7-10(15-9)8-16-5-3-4-12(16)13(14)18/h3-7H,8H2,1-2H3,(H2,14,18). The van der Waals surface area contributed by atoms with Crippen LogP contribution in [0.1, 0.15) is 17.1 Å². The number of aromatic nitrogens is 2. The molecule has 94 valence electrons. The molecule has 0 aliphatic rings. The second-order valence-corrected chi connectivity index (χ2v) is 4.47. The lowest BCUT2D eigenvalue weighted by Crippen LogP contribution is -2.16. The van der Waals surface area contributed by atoms with Gasteiger partial charge in [0.05, 0.1) is 25.0 Å². The Morgan fingerprint density at radius 1 is 1.50 bits per heavy atom. The molecule has 2 heterocycles. The highest BCUT2D eigenvalue weighted by Gasteiger charge is 2.06. The maximum atomic E-state index is 5.66. The third kappa shape index (κ3) is 2.68. The first-order chi connectivity index (χ1) is 8.60. The highest BCUT2D eigenvalue weighted by Crippen LogP contribution is 2.15. The van der Waals surface area contributed by atoms with Crippen LogP contribution in [0.5, 0.6) is 5.75 Å². The quantitative estimate of drug-likeness (QED) is 0.854. The van der Waals surface area contributed by atoms with Crippen molar-refractivity contribution in [1.29, 1.82) is 0 Å². The van der Waals surface area contributed by atoms with Crippen LogP contribution < -0.4 is 10.5 Å². The molecular weight excluding hydrogens is 246 g/mol. The first-order valence-electron chi connectivity index (χ1n) is 5.56. The number of hydrogen-bond donors (Lipinski definition) is 1. The molecular formula is C13H15N3OS. The predicted molar refractivity (Wildman–Crippen MR) is 74.9 cm³/mol. The summed E-state index contributed by atoms with van der Waals surface area (Å²) in [5.74, 6) is 0.807. The topological polar surface area (TPSA) is 53.1 Å². The molecule has 0 fully saturated rings. The SMILES string of the molecule is COc1cc(C)nc(Cn2cccc2C(N)=S)c1. The number of nitrogens with zero attached hydrogens (tertiary/aromatic N) is 2. The Morgan fingerprint density at radius 2 is 2.28 bits per heavy atom. The zero-order chi connectivity index (χ0) is 13.1. The van der Waals surface area contributed by atoms with E-state index >= 15 is 0 Å². The summed E-state index contributed by atoms with van der Waals surface area (Å²) in [5, 5.41) is 0. The van der Waals surface area contributed by atoms with Crippen molar-refractivity contribution in [2.24, 2.45) is 5.73 Å². The van der Waals surface area contributed by atoms with Crippen LogP contribution in [-0.2, 0) is 6.54 Å². The van der Waals surface area contributed by atoms with Crippen LogP contribution in [0.3, 0.4) is 0 Å². The molecule has 0 aliphatic heterocycles. The second-order valence-electron chi connectivity index (χ2n) is 4.03. The zero-order valence-electron chi connectivity index (χ0n) is 10.4. The number of hydrogen-bond acceptors (Lipinski definition) is 3. The van der Waals surface area contributed by atoms with E-state index in [1.165, 1.54) is 0 Å². The Kier molecular flexibility index (Phi) is 3.62. The zero-order valence-corrected chi connectivity index (χ0v) is 11.2. The van der Waals surface area contributed by atoms with Crippen LogP contribution in [0.2, 0.25) is 0 Å². The average molecular weight is 261 g/mol. The first kappa shape index (κ1) is 12.6. The van der Waals surface area contributed by atoms with Crippen LogP contribution >= 0.6 is 12.2 Å². The molecule has 2 rings (SSSR count). The van der Waals surface area contributed by atoms with Crippen LogP contribution in [0, 0.1) is 6.92 Å². The van der Waals surface area contributed by atoms with Crippen LogP contribution in [0.25, 0.3) is 0 Å². The van der Waals surface area contributed by atoms with E-state index in [4.69, 9.17) is 22.7 Å². The van der Waals surface area contributed by atoms with Crippen LogP contribution in [0.4, 0.5) is 0 Å². The van der Waals surface area contributed by atoms with Crippen molar-refractivity contribution >= 4 is 17.2 Å². The first-order valence-corrected chi connectivity index (χ1v) is 5.97. The molecule has 0 unspecified atom stereocenters. The summed E-state index contributed by atoms with van der Waals surface area (Å²) in [6, 6.07) is 7.63. The molecule has 18 heavy (non-hydrogen) atoms. The van der Waals surface area contributed by atoms with E-state index in [2.05, 4.69) is 4.98 Å². The molecule has 0 bridgehead atoms. The molecule has 2 aromatic heterocycles. The number of thiocarbonyl (C=S) groups is 1. The van der Waals surface area contributed by atoms with Crippen molar-refractivity contribution in [1.82, 2.24) is 9.55 Å². The molecule has 0 aromatic carbocycles. The number of pyridine rings is 1. The normalized spacial score (nSPS) is 10.3. The minimum Gasteiger partial charge on any atom is -0.497 e. The van der Waals surface area contributed by atoms with Crippen LogP contribution in [0.15, 0.2) is 30.5 Å². The number of ether oxygens (including phenoxy) is 1. The molecule has 2 aromatic rings. The average Bonchev–Trinajstić information content (AvgIpc) is 2.76. The van der Waals surface area contributed by atoms with E-state index in [-0.39, 0.29) is 0 Å². The van der Waals surface area contributed by atoms with Crippen molar-refractivity contribution in [3.05, 3.63) is 47.5 Å². The molecule has 0 saturated heterocycles. The van der Waals surface area contributed by atoms with Gasteiger partial charge in [-0.2, -0.15) is 0 Å². The smallest absolute Gasteiger partial charge is 0.122 e. The van der Waals surface area contributed by atoms with E-state index in [1.807, 2.05) is 42.0 Å². The summed E-state index contributed by atoms with van der Waals surface area (Å²) < 4.78 is 7.21. The van der Waals surface area contributed by atoms with Crippen molar-refractivity contribution in [2.75, 3.05) is 7.11 Å². The summed E-state index contributed by atoms with van der Waals surface area (Å²) in [7, 11) is 1.65. The lowest BCUT2D eigenvalue weighted by atomic mass is 10.3. The molecule has 0 amide bonds. The molecule has 4 nitrogen and oxygen atoms in total. The van der Waals surface area contributed by atoms with Gasteiger partial charge in [0.1, 0.15) is 10.7 Å². The van der Waals surface area contributed by atoms with Gasteiger partial charge in [0.15, 0.2) is 0 Å². The molecule has 0 aliphatic carbocycles. The Morgan fingerprint density at radius 3 is 2.94 bits per heavy atom.